The van der Waals surface area contributed by atoms with Crippen LogP contribution in [0.4, 0.5) is 4.39 Å². The van der Waals surface area contributed by atoms with Gasteiger partial charge in [0.05, 0.1) is 38.2 Å². The van der Waals surface area contributed by atoms with Crippen molar-refractivity contribution in [3.05, 3.63) is 63.4 Å². The van der Waals surface area contributed by atoms with Crippen molar-refractivity contribution < 1.29 is 8.60 Å². The number of hydrogen-bond acceptors (Lipinski definition) is 2. The maximum Gasteiger partial charge on any atom is 0.128 e. The highest BCUT2D eigenvalue weighted by Crippen LogP contribution is 2.25. The minimum Gasteiger partial charge on any atom is -0.254 e. The first kappa shape index (κ1) is 15.0. The van der Waals surface area contributed by atoms with E-state index in [-0.39, 0.29) is 16.9 Å². The van der Waals surface area contributed by atoms with Crippen molar-refractivity contribution in [2.24, 2.45) is 0 Å². The smallest absolute Gasteiger partial charge is 0.128 e. The lowest BCUT2D eigenvalue weighted by Gasteiger charge is -2.05. The van der Waals surface area contributed by atoms with Gasteiger partial charge in [-0.15, -0.1) is 0 Å². The predicted molar refractivity (Wildman–Crippen MR) is 77.7 cm³/mol. The van der Waals surface area contributed by atoms with Crippen LogP contribution < -0.4 is 0 Å². The molecule has 1 unspecified atom stereocenters. The van der Waals surface area contributed by atoms with Crippen LogP contribution >= 0.6 is 23.2 Å². The Balaban J connectivity index is 2.23. The molecule has 0 heterocycles. The number of nitriles is 1. The molecule has 2 aromatic carbocycles. The van der Waals surface area contributed by atoms with Crippen LogP contribution in [0, 0.1) is 17.1 Å². The van der Waals surface area contributed by atoms with Crippen molar-refractivity contribution in [2.75, 3.05) is 0 Å². The molecule has 0 N–H and O–H groups in total. The van der Waals surface area contributed by atoms with Crippen molar-refractivity contribution in [1.82, 2.24) is 0 Å². The molecule has 0 aliphatic heterocycles. The van der Waals surface area contributed by atoms with Crippen LogP contribution in [-0.2, 0) is 16.6 Å². The summed E-state index contributed by atoms with van der Waals surface area (Å²) < 4.78 is 25.9. The van der Waals surface area contributed by atoms with Gasteiger partial charge in [-0.3, -0.25) is 4.21 Å². The van der Waals surface area contributed by atoms with Crippen LogP contribution in [0.2, 0.25) is 10.0 Å². The summed E-state index contributed by atoms with van der Waals surface area (Å²) in [6, 6.07) is 10.6. The zero-order chi connectivity index (χ0) is 14.7. The summed E-state index contributed by atoms with van der Waals surface area (Å²) >= 11 is 11.6. The third-order valence-corrected chi connectivity index (χ3v) is 4.71. The largest absolute Gasteiger partial charge is 0.254 e. The summed E-state index contributed by atoms with van der Waals surface area (Å²) in [6.07, 6.45) is 0. The molecule has 2 nitrogen and oxygen atoms in total. The molecule has 0 saturated heterocycles. The molecule has 0 amide bonds. The van der Waals surface area contributed by atoms with Crippen molar-refractivity contribution in [2.45, 2.75) is 10.6 Å². The number of hydrogen-bond donors (Lipinski definition) is 0. The van der Waals surface area contributed by atoms with Gasteiger partial charge >= 0.3 is 0 Å². The Hall–Kier alpha value is -1.41. The fourth-order valence-corrected chi connectivity index (χ4v) is 3.09. The van der Waals surface area contributed by atoms with Crippen molar-refractivity contribution in [3.63, 3.8) is 0 Å². The second-order valence-electron chi connectivity index (χ2n) is 3.98. The number of halogens is 3. The molecule has 6 heteroatoms. The molecule has 0 aliphatic rings. The van der Waals surface area contributed by atoms with Crippen molar-refractivity contribution in [1.29, 1.82) is 5.26 Å². The summed E-state index contributed by atoms with van der Waals surface area (Å²) in [4.78, 5) is 0.475. The molecule has 0 aromatic heterocycles. The molecular formula is C14H8Cl2FNOS. The molecule has 2 aromatic rings. The van der Waals surface area contributed by atoms with Gasteiger partial charge in [0, 0.05) is 10.5 Å². The lowest BCUT2D eigenvalue weighted by Crippen LogP contribution is -1.99. The monoisotopic (exact) mass is 327 g/mol. The third-order valence-electron chi connectivity index (χ3n) is 2.62. The van der Waals surface area contributed by atoms with Gasteiger partial charge in [0.25, 0.3) is 0 Å². The van der Waals surface area contributed by atoms with Crippen molar-refractivity contribution in [3.8, 4) is 6.07 Å². The maximum atomic E-state index is 13.7. The molecule has 1 atom stereocenters. The lowest BCUT2D eigenvalue weighted by atomic mass is 10.1. The molecule has 20 heavy (non-hydrogen) atoms. The average molecular weight is 328 g/mol. The Morgan fingerprint density at radius 3 is 2.50 bits per heavy atom. The Morgan fingerprint density at radius 1 is 1.15 bits per heavy atom. The first-order valence-electron chi connectivity index (χ1n) is 5.53. The minimum absolute atomic E-state index is 0.00943. The van der Waals surface area contributed by atoms with Crippen LogP contribution in [0.15, 0.2) is 41.3 Å². The molecule has 0 spiro atoms. The molecule has 0 fully saturated rings. The number of benzene rings is 2. The highest BCUT2D eigenvalue weighted by atomic mass is 35.5. The van der Waals surface area contributed by atoms with E-state index in [1.165, 1.54) is 18.2 Å². The van der Waals surface area contributed by atoms with Gasteiger partial charge in [0.15, 0.2) is 0 Å². The fraction of sp³-hybridized carbons (Fsp3) is 0.0714. The maximum absolute atomic E-state index is 13.7. The topological polar surface area (TPSA) is 40.9 Å². The summed E-state index contributed by atoms with van der Waals surface area (Å²) in [7, 11) is -1.44. The summed E-state index contributed by atoms with van der Waals surface area (Å²) in [5, 5.41) is 9.34. The first-order valence-corrected chi connectivity index (χ1v) is 7.60. The standard InChI is InChI=1S/C14H8Cl2FNOS/c15-12-4-3-11(6-13(12)16)20(19)8-10-2-1-9(7-18)5-14(10)17/h1-6H,8H2. The van der Waals surface area contributed by atoms with E-state index < -0.39 is 16.6 Å². The number of rotatable bonds is 3. The zero-order valence-corrected chi connectivity index (χ0v) is 12.4. The number of nitrogens with zero attached hydrogens (tertiary/aromatic N) is 1. The van der Waals surface area contributed by atoms with Gasteiger partial charge in [0.2, 0.25) is 0 Å². The van der Waals surface area contributed by atoms with Crippen LogP contribution in [0.25, 0.3) is 0 Å². The van der Waals surface area contributed by atoms with E-state index >= 15 is 0 Å². The highest BCUT2D eigenvalue weighted by molar-refractivity contribution is 7.84. The highest BCUT2D eigenvalue weighted by Gasteiger charge is 2.11. The molecular weight excluding hydrogens is 320 g/mol. The van der Waals surface area contributed by atoms with E-state index in [0.29, 0.717) is 14.9 Å². The van der Waals surface area contributed by atoms with Gasteiger partial charge in [-0.05, 0) is 30.3 Å². The normalized spacial score (nSPS) is 11.9. The van der Waals surface area contributed by atoms with E-state index in [4.69, 9.17) is 28.5 Å². The second kappa shape index (κ2) is 6.36. The Labute approximate surface area is 128 Å². The van der Waals surface area contributed by atoms with Gasteiger partial charge in [-0.25, -0.2) is 4.39 Å². The van der Waals surface area contributed by atoms with E-state index in [2.05, 4.69) is 0 Å². The van der Waals surface area contributed by atoms with Crippen LogP contribution in [0.5, 0.6) is 0 Å². The van der Waals surface area contributed by atoms with E-state index in [1.807, 2.05) is 6.07 Å². The fourth-order valence-electron chi connectivity index (χ4n) is 1.58. The Morgan fingerprint density at radius 2 is 1.90 bits per heavy atom. The SMILES string of the molecule is N#Cc1ccc(CS(=O)c2ccc(Cl)c(Cl)c2)c(F)c1. The molecule has 0 radical (unpaired) electrons. The Bertz CT molecular complexity index is 728. The average Bonchev–Trinajstić information content (AvgIpc) is 2.43. The lowest BCUT2D eigenvalue weighted by molar-refractivity contribution is 0.614. The van der Waals surface area contributed by atoms with Gasteiger partial charge in [0.1, 0.15) is 5.82 Å². The zero-order valence-electron chi connectivity index (χ0n) is 10.1. The van der Waals surface area contributed by atoms with Crippen LogP contribution in [0.1, 0.15) is 11.1 Å². The van der Waals surface area contributed by atoms with Crippen molar-refractivity contribution >= 4 is 34.0 Å². The van der Waals surface area contributed by atoms with Gasteiger partial charge in [-0.2, -0.15) is 5.26 Å². The molecule has 0 bridgehead atoms. The summed E-state index contributed by atoms with van der Waals surface area (Å²) in [5.74, 6) is -0.535. The molecule has 0 saturated carbocycles. The summed E-state index contributed by atoms with van der Waals surface area (Å²) in [5.41, 5.74) is 0.514. The quantitative estimate of drug-likeness (QED) is 0.842. The Kier molecular flexibility index (Phi) is 4.77. The van der Waals surface area contributed by atoms with Gasteiger partial charge in [-0.1, -0.05) is 29.3 Å². The van der Waals surface area contributed by atoms with Crippen LogP contribution in [-0.4, -0.2) is 4.21 Å². The van der Waals surface area contributed by atoms with E-state index in [9.17, 15) is 8.60 Å². The van der Waals surface area contributed by atoms with E-state index in [1.54, 1.807) is 12.1 Å². The summed E-state index contributed by atoms with van der Waals surface area (Å²) in [6.45, 7) is 0. The van der Waals surface area contributed by atoms with Gasteiger partial charge < -0.3 is 0 Å². The molecule has 0 aliphatic carbocycles. The first-order chi connectivity index (χ1) is 9.51. The van der Waals surface area contributed by atoms with Crippen LogP contribution in [0.3, 0.4) is 0 Å². The predicted octanol–water partition coefficient (Wildman–Crippen LogP) is 4.31. The second-order valence-corrected chi connectivity index (χ2v) is 6.25. The minimum atomic E-state index is -1.44. The molecule has 102 valence electrons. The third kappa shape index (κ3) is 3.37. The molecule has 2 rings (SSSR count). The van der Waals surface area contributed by atoms with E-state index in [0.717, 1.165) is 6.07 Å².